The zero-order valence-electron chi connectivity index (χ0n) is 21.7. The molecular formula is C28H32N6O3. The molecule has 1 amide bonds. The van der Waals surface area contributed by atoms with Crippen LogP contribution < -0.4 is 10.3 Å². The van der Waals surface area contributed by atoms with E-state index in [0.29, 0.717) is 55.3 Å². The zero-order valence-corrected chi connectivity index (χ0v) is 21.7. The number of benzene rings is 2. The molecule has 37 heavy (non-hydrogen) atoms. The Morgan fingerprint density at radius 1 is 1.08 bits per heavy atom. The molecule has 9 nitrogen and oxygen atoms in total. The van der Waals surface area contributed by atoms with E-state index in [-0.39, 0.29) is 28.3 Å². The number of methoxy groups -OCH3 is 1. The van der Waals surface area contributed by atoms with Crippen LogP contribution in [0.2, 0.25) is 0 Å². The maximum atomic E-state index is 13.1. The number of hydrogen-bond donors (Lipinski definition) is 1. The van der Waals surface area contributed by atoms with Crippen molar-refractivity contribution in [1.29, 1.82) is 0 Å². The number of aromatic amines is 1. The summed E-state index contributed by atoms with van der Waals surface area (Å²) in [6.07, 6.45) is 1.40. The van der Waals surface area contributed by atoms with Gasteiger partial charge in [-0.1, -0.05) is 62.4 Å². The Labute approximate surface area is 215 Å². The highest BCUT2D eigenvalue weighted by molar-refractivity contribution is 5.97. The first kappa shape index (κ1) is 24.7. The summed E-state index contributed by atoms with van der Waals surface area (Å²) in [5.74, 6) is 1.18. The fraction of sp³-hybridized carbons (Fsp3) is 0.393. The van der Waals surface area contributed by atoms with E-state index in [1.165, 1.54) is 5.56 Å². The first-order valence-corrected chi connectivity index (χ1v) is 12.6. The average molecular weight is 501 g/mol. The number of nitrogens with one attached hydrogen (secondary N) is 1. The lowest BCUT2D eigenvalue weighted by molar-refractivity contribution is 0.0707. The molecule has 1 aliphatic heterocycles. The molecule has 9 heteroatoms. The summed E-state index contributed by atoms with van der Waals surface area (Å²) >= 11 is 0. The summed E-state index contributed by atoms with van der Waals surface area (Å²) in [5, 5.41) is 8.30. The van der Waals surface area contributed by atoms with Gasteiger partial charge in [-0.25, -0.2) is 9.67 Å². The highest BCUT2D eigenvalue weighted by atomic mass is 16.5. The van der Waals surface area contributed by atoms with Crippen molar-refractivity contribution in [2.24, 2.45) is 0 Å². The maximum absolute atomic E-state index is 13.1. The van der Waals surface area contributed by atoms with E-state index in [1.807, 2.05) is 17.0 Å². The van der Waals surface area contributed by atoms with Crippen LogP contribution in [-0.2, 0) is 12.0 Å². The first-order valence-electron chi connectivity index (χ1n) is 12.6. The lowest BCUT2D eigenvalue weighted by Gasteiger charge is -2.31. The number of amides is 1. The molecule has 0 bridgehead atoms. The van der Waals surface area contributed by atoms with Gasteiger partial charge in [0.05, 0.1) is 19.2 Å². The molecule has 5 rings (SSSR count). The van der Waals surface area contributed by atoms with Crippen LogP contribution in [-0.4, -0.2) is 56.0 Å². The normalized spacial score (nSPS) is 14.8. The van der Waals surface area contributed by atoms with Crippen molar-refractivity contribution >= 4 is 17.1 Å². The van der Waals surface area contributed by atoms with Gasteiger partial charge in [-0.15, -0.1) is 5.10 Å². The SMILES string of the molecule is COc1ccccc1C(=O)N1CCC(c2nc3c(nnn3Cc3ccc(C(C)(C)C)cc3)c(=O)[nH]2)CC1. The molecule has 0 aliphatic carbocycles. The lowest BCUT2D eigenvalue weighted by Crippen LogP contribution is -2.38. The van der Waals surface area contributed by atoms with E-state index in [0.717, 1.165) is 5.56 Å². The fourth-order valence-electron chi connectivity index (χ4n) is 4.81. The Kier molecular flexibility index (Phi) is 6.54. The number of carbonyl (C=O) groups excluding carboxylic acids is 1. The van der Waals surface area contributed by atoms with Crippen LogP contribution in [0.15, 0.2) is 53.3 Å². The molecule has 0 unspecified atom stereocenters. The Morgan fingerprint density at radius 2 is 1.78 bits per heavy atom. The quantitative estimate of drug-likeness (QED) is 0.446. The molecule has 2 aromatic carbocycles. The molecular weight excluding hydrogens is 468 g/mol. The van der Waals surface area contributed by atoms with Crippen molar-refractivity contribution in [3.63, 3.8) is 0 Å². The Morgan fingerprint density at radius 3 is 2.46 bits per heavy atom. The topological polar surface area (TPSA) is 106 Å². The van der Waals surface area contributed by atoms with E-state index in [4.69, 9.17) is 9.72 Å². The van der Waals surface area contributed by atoms with E-state index in [9.17, 15) is 9.59 Å². The van der Waals surface area contributed by atoms with Gasteiger partial charge in [-0.05, 0) is 41.5 Å². The van der Waals surface area contributed by atoms with Gasteiger partial charge in [-0.2, -0.15) is 0 Å². The molecule has 4 aromatic rings. The number of ether oxygens (including phenoxy) is 1. The summed E-state index contributed by atoms with van der Waals surface area (Å²) in [4.78, 5) is 35.4. The molecule has 192 valence electrons. The van der Waals surface area contributed by atoms with Crippen molar-refractivity contribution < 1.29 is 9.53 Å². The van der Waals surface area contributed by atoms with Crippen molar-refractivity contribution in [2.45, 2.75) is 51.5 Å². The van der Waals surface area contributed by atoms with Crippen LogP contribution in [0.3, 0.4) is 0 Å². The standard InChI is InChI=1S/C28H32N6O3/c1-28(2,3)20-11-9-18(10-12-20)17-34-25-23(31-32-34)26(35)30-24(29-25)19-13-15-33(16-14-19)27(36)21-7-5-6-8-22(21)37-4/h5-12,19H,13-17H2,1-4H3,(H,29,30,35). The largest absolute Gasteiger partial charge is 0.496 e. The number of carbonyl (C=O) groups is 1. The van der Waals surface area contributed by atoms with Gasteiger partial charge in [0.1, 0.15) is 11.6 Å². The molecule has 1 N–H and O–H groups in total. The van der Waals surface area contributed by atoms with Gasteiger partial charge in [0.15, 0.2) is 11.2 Å². The fourth-order valence-corrected chi connectivity index (χ4v) is 4.81. The number of para-hydroxylation sites is 1. The van der Waals surface area contributed by atoms with Crippen LogP contribution in [0.4, 0.5) is 0 Å². The van der Waals surface area contributed by atoms with E-state index < -0.39 is 0 Å². The summed E-state index contributed by atoms with van der Waals surface area (Å²) in [6.45, 7) is 8.17. The second-order valence-corrected chi connectivity index (χ2v) is 10.6. The average Bonchev–Trinajstić information content (AvgIpc) is 3.31. The summed E-state index contributed by atoms with van der Waals surface area (Å²) in [6, 6.07) is 15.7. The summed E-state index contributed by atoms with van der Waals surface area (Å²) in [7, 11) is 1.57. The number of fused-ring (bicyclic) bond motifs is 1. The van der Waals surface area contributed by atoms with Crippen LogP contribution in [0.5, 0.6) is 5.75 Å². The minimum atomic E-state index is -0.290. The van der Waals surface area contributed by atoms with Crippen LogP contribution in [0.25, 0.3) is 11.2 Å². The number of rotatable bonds is 5. The minimum Gasteiger partial charge on any atom is -0.496 e. The third kappa shape index (κ3) is 4.98. The maximum Gasteiger partial charge on any atom is 0.281 e. The van der Waals surface area contributed by atoms with Crippen molar-refractivity contribution in [3.05, 3.63) is 81.4 Å². The number of hydrogen-bond acceptors (Lipinski definition) is 6. The molecule has 2 aromatic heterocycles. The Bertz CT molecular complexity index is 1470. The third-order valence-electron chi connectivity index (χ3n) is 7.05. The molecule has 1 saturated heterocycles. The van der Waals surface area contributed by atoms with Crippen molar-refractivity contribution in [1.82, 2.24) is 29.9 Å². The van der Waals surface area contributed by atoms with Crippen molar-refractivity contribution in [3.8, 4) is 5.75 Å². The van der Waals surface area contributed by atoms with Crippen LogP contribution >= 0.6 is 0 Å². The summed E-state index contributed by atoms with van der Waals surface area (Å²) in [5.41, 5.74) is 3.38. The van der Waals surface area contributed by atoms with Gasteiger partial charge in [0, 0.05) is 19.0 Å². The van der Waals surface area contributed by atoms with E-state index in [2.05, 4.69) is 60.3 Å². The molecule has 3 heterocycles. The Balaban J connectivity index is 1.33. The predicted octanol–water partition coefficient (Wildman–Crippen LogP) is 3.89. The summed E-state index contributed by atoms with van der Waals surface area (Å²) < 4.78 is 7.04. The smallest absolute Gasteiger partial charge is 0.281 e. The second-order valence-electron chi connectivity index (χ2n) is 10.6. The zero-order chi connectivity index (χ0) is 26.2. The van der Waals surface area contributed by atoms with Gasteiger partial charge < -0.3 is 14.6 Å². The highest BCUT2D eigenvalue weighted by Crippen LogP contribution is 2.28. The van der Waals surface area contributed by atoms with Crippen LogP contribution in [0.1, 0.15) is 66.8 Å². The number of nitrogens with zero attached hydrogens (tertiary/aromatic N) is 5. The molecule has 0 radical (unpaired) electrons. The van der Waals surface area contributed by atoms with Crippen LogP contribution in [0, 0.1) is 0 Å². The number of H-pyrrole nitrogens is 1. The second kappa shape index (κ2) is 9.80. The van der Waals surface area contributed by atoms with Gasteiger partial charge >= 0.3 is 0 Å². The predicted molar refractivity (Wildman–Crippen MR) is 141 cm³/mol. The minimum absolute atomic E-state index is 0.0354. The van der Waals surface area contributed by atoms with Gasteiger partial charge in [0.2, 0.25) is 0 Å². The number of aromatic nitrogens is 5. The Hall–Kier alpha value is -4.01. The lowest BCUT2D eigenvalue weighted by atomic mass is 9.87. The number of likely N-dealkylation sites (tertiary alicyclic amines) is 1. The molecule has 1 fully saturated rings. The molecule has 0 atom stereocenters. The van der Waals surface area contributed by atoms with Gasteiger partial charge in [-0.3, -0.25) is 9.59 Å². The van der Waals surface area contributed by atoms with Gasteiger partial charge in [0.25, 0.3) is 11.5 Å². The van der Waals surface area contributed by atoms with E-state index in [1.54, 1.807) is 23.9 Å². The molecule has 1 aliphatic rings. The molecule has 0 spiro atoms. The highest BCUT2D eigenvalue weighted by Gasteiger charge is 2.28. The van der Waals surface area contributed by atoms with E-state index >= 15 is 0 Å². The first-order chi connectivity index (χ1) is 17.7. The van der Waals surface area contributed by atoms with Crippen molar-refractivity contribution in [2.75, 3.05) is 20.2 Å². The molecule has 0 saturated carbocycles. The third-order valence-corrected chi connectivity index (χ3v) is 7.05. The monoisotopic (exact) mass is 500 g/mol. The number of piperidine rings is 1.